The predicted molar refractivity (Wildman–Crippen MR) is 75.4 cm³/mol. The van der Waals surface area contributed by atoms with Gasteiger partial charge in [0, 0.05) is 13.5 Å². The zero-order valence-corrected chi connectivity index (χ0v) is 12.2. The average Bonchev–Trinajstić information content (AvgIpc) is 2.92. The summed E-state index contributed by atoms with van der Waals surface area (Å²) in [4.78, 5) is 24.4. The third-order valence-corrected chi connectivity index (χ3v) is 3.60. The van der Waals surface area contributed by atoms with E-state index in [4.69, 9.17) is 14.6 Å². The Kier molecular flexibility index (Phi) is 4.67. The fraction of sp³-hybridized carbons (Fsp3) is 0.467. The highest BCUT2D eigenvalue weighted by Gasteiger charge is 2.24. The number of rotatable bonds is 6. The lowest BCUT2D eigenvalue weighted by Crippen LogP contribution is -2.42. The molecule has 0 saturated heterocycles. The van der Waals surface area contributed by atoms with Crippen LogP contribution in [0.2, 0.25) is 0 Å². The Morgan fingerprint density at radius 1 is 1.33 bits per heavy atom. The van der Waals surface area contributed by atoms with E-state index in [1.54, 1.807) is 6.92 Å². The van der Waals surface area contributed by atoms with Crippen molar-refractivity contribution in [1.29, 1.82) is 0 Å². The zero-order valence-electron chi connectivity index (χ0n) is 12.2. The van der Waals surface area contributed by atoms with E-state index in [2.05, 4.69) is 0 Å². The van der Waals surface area contributed by atoms with Gasteiger partial charge in [0.1, 0.15) is 6.04 Å². The lowest BCUT2D eigenvalue weighted by atomic mass is 10.1. The lowest BCUT2D eigenvalue weighted by Gasteiger charge is -2.23. The number of aliphatic carboxylic acids is 1. The van der Waals surface area contributed by atoms with Crippen LogP contribution < -0.4 is 9.47 Å². The smallest absolute Gasteiger partial charge is 0.326 e. The Morgan fingerprint density at radius 3 is 2.71 bits per heavy atom. The minimum atomic E-state index is -0.976. The monoisotopic (exact) mass is 293 g/mol. The maximum absolute atomic E-state index is 12.1. The van der Waals surface area contributed by atoms with Crippen LogP contribution in [0.4, 0.5) is 0 Å². The molecule has 1 aliphatic rings. The van der Waals surface area contributed by atoms with Gasteiger partial charge in [-0.1, -0.05) is 13.0 Å². The Bertz CT molecular complexity index is 543. The molecule has 1 aromatic carbocycles. The molecule has 1 N–H and O–H groups in total. The molecule has 0 spiro atoms. The maximum Gasteiger partial charge on any atom is 0.326 e. The summed E-state index contributed by atoms with van der Waals surface area (Å²) in [5.41, 5.74) is 0.962. The number of aryl methyl sites for hydroxylation is 1. The first-order valence-electron chi connectivity index (χ1n) is 6.90. The minimum Gasteiger partial charge on any atom is -0.480 e. The average molecular weight is 293 g/mol. The number of hydrogen-bond acceptors (Lipinski definition) is 4. The SMILES string of the molecule is CCC(C(=O)O)N(C)C(=O)CCc1ccc2c(c1)OCO2. The molecule has 0 bridgehead atoms. The van der Waals surface area contributed by atoms with Gasteiger partial charge < -0.3 is 19.5 Å². The second-order valence-corrected chi connectivity index (χ2v) is 4.95. The largest absolute Gasteiger partial charge is 0.480 e. The molecule has 2 rings (SSSR count). The van der Waals surface area contributed by atoms with Gasteiger partial charge in [-0.2, -0.15) is 0 Å². The second kappa shape index (κ2) is 6.47. The summed E-state index contributed by atoms with van der Waals surface area (Å²) in [7, 11) is 1.53. The number of carboxylic acid groups (broad SMARTS) is 1. The number of nitrogens with zero attached hydrogens (tertiary/aromatic N) is 1. The summed E-state index contributed by atoms with van der Waals surface area (Å²) < 4.78 is 10.5. The Hall–Kier alpha value is -2.24. The molecular formula is C15H19NO5. The first-order valence-corrected chi connectivity index (χ1v) is 6.90. The van der Waals surface area contributed by atoms with Crippen molar-refractivity contribution in [2.75, 3.05) is 13.8 Å². The van der Waals surface area contributed by atoms with Crippen LogP contribution in [0.25, 0.3) is 0 Å². The van der Waals surface area contributed by atoms with Crippen LogP contribution in [0.15, 0.2) is 18.2 Å². The summed E-state index contributed by atoms with van der Waals surface area (Å²) >= 11 is 0. The molecule has 1 unspecified atom stereocenters. The number of fused-ring (bicyclic) bond motifs is 1. The highest BCUT2D eigenvalue weighted by molar-refractivity contribution is 5.83. The molecule has 0 radical (unpaired) electrons. The van der Waals surface area contributed by atoms with Crippen LogP contribution in [0.5, 0.6) is 11.5 Å². The topological polar surface area (TPSA) is 76.1 Å². The third-order valence-electron chi connectivity index (χ3n) is 3.60. The van der Waals surface area contributed by atoms with E-state index in [1.807, 2.05) is 18.2 Å². The fourth-order valence-electron chi connectivity index (χ4n) is 2.31. The second-order valence-electron chi connectivity index (χ2n) is 4.95. The van der Waals surface area contributed by atoms with Crippen molar-refractivity contribution in [3.05, 3.63) is 23.8 Å². The molecule has 1 heterocycles. The van der Waals surface area contributed by atoms with Crippen LogP contribution in [0.1, 0.15) is 25.3 Å². The third kappa shape index (κ3) is 3.45. The van der Waals surface area contributed by atoms with E-state index in [-0.39, 0.29) is 19.1 Å². The zero-order chi connectivity index (χ0) is 15.4. The van der Waals surface area contributed by atoms with Crippen molar-refractivity contribution >= 4 is 11.9 Å². The first kappa shape index (κ1) is 15.2. The summed E-state index contributed by atoms with van der Waals surface area (Å²) in [5.74, 6) is 0.239. The van der Waals surface area contributed by atoms with E-state index in [0.717, 1.165) is 5.56 Å². The Labute approximate surface area is 123 Å². The fourth-order valence-corrected chi connectivity index (χ4v) is 2.31. The molecule has 1 aromatic rings. The molecule has 114 valence electrons. The Balaban J connectivity index is 1.93. The van der Waals surface area contributed by atoms with Crippen molar-refractivity contribution in [3.63, 3.8) is 0 Å². The van der Waals surface area contributed by atoms with Gasteiger partial charge >= 0.3 is 5.97 Å². The number of likely N-dealkylation sites (N-methyl/N-ethyl adjacent to an activating group) is 1. The highest BCUT2D eigenvalue weighted by Crippen LogP contribution is 2.32. The van der Waals surface area contributed by atoms with E-state index >= 15 is 0 Å². The van der Waals surface area contributed by atoms with Gasteiger partial charge in [-0.05, 0) is 30.5 Å². The molecule has 0 fully saturated rings. The van der Waals surface area contributed by atoms with Gasteiger partial charge in [-0.25, -0.2) is 4.79 Å². The van der Waals surface area contributed by atoms with Gasteiger partial charge in [0.2, 0.25) is 12.7 Å². The molecule has 1 atom stereocenters. The number of amides is 1. The number of benzene rings is 1. The van der Waals surface area contributed by atoms with Crippen molar-refractivity contribution < 1.29 is 24.2 Å². The molecular weight excluding hydrogens is 274 g/mol. The van der Waals surface area contributed by atoms with Crippen LogP contribution >= 0.6 is 0 Å². The van der Waals surface area contributed by atoms with E-state index in [0.29, 0.717) is 24.3 Å². The first-order chi connectivity index (χ1) is 10.0. The van der Waals surface area contributed by atoms with Gasteiger partial charge in [0.25, 0.3) is 0 Å². The Morgan fingerprint density at radius 2 is 2.05 bits per heavy atom. The van der Waals surface area contributed by atoms with Crippen molar-refractivity contribution in [2.45, 2.75) is 32.2 Å². The molecule has 6 nitrogen and oxygen atoms in total. The molecule has 0 saturated carbocycles. The summed E-state index contributed by atoms with van der Waals surface area (Å²) in [6.07, 6.45) is 1.19. The number of ether oxygens (including phenoxy) is 2. The lowest BCUT2D eigenvalue weighted by molar-refractivity contribution is -0.149. The number of hydrogen-bond donors (Lipinski definition) is 1. The summed E-state index contributed by atoms with van der Waals surface area (Å²) in [6, 6.07) is 4.78. The van der Waals surface area contributed by atoms with Crippen molar-refractivity contribution in [1.82, 2.24) is 4.90 Å². The van der Waals surface area contributed by atoms with Crippen LogP contribution in [0, 0.1) is 0 Å². The highest BCUT2D eigenvalue weighted by atomic mass is 16.7. The van der Waals surface area contributed by atoms with Crippen LogP contribution in [-0.4, -0.2) is 41.8 Å². The number of carboxylic acids is 1. The van der Waals surface area contributed by atoms with Crippen molar-refractivity contribution in [3.8, 4) is 11.5 Å². The van der Waals surface area contributed by atoms with Gasteiger partial charge in [0.15, 0.2) is 11.5 Å². The standard InChI is InChI=1S/C15H19NO5/c1-3-11(15(18)19)16(2)14(17)7-5-10-4-6-12-13(8-10)21-9-20-12/h4,6,8,11H,3,5,7,9H2,1-2H3,(H,18,19). The minimum absolute atomic E-state index is 0.179. The molecule has 0 aliphatic carbocycles. The van der Waals surface area contributed by atoms with Crippen LogP contribution in [-0.2, 0) is 16.0 Å². The predicted octanol–water partition coefficient (Wildman–Crippen LogP) is 1.67. The molecule has 1 amide bonds. The van der Waals surface area contributed by atoms with Crippen molar-refractivity contribution in [2.24, 2.45) is 0 Å². The van der Waals surface area contributed by atoms with Crippen LogP contribution in [0.3, 0.4) is 0 Å². The number of carbonyl (C=O) groups excluding carboxylic acids is 1. The molecule has 21 heavy (non-hydrogen) atoms. The summed E-state index contributed by atoms with van der Waals surface area (Å²) in [6.45, 7) is 1.97. The van der Waals surface area contributed by atoms with E-state index in [9.17, 15) is 9.59 Å². The molecule has 6 heteroatoms. The molecule has 1 aliphatic heterocycles. The number of carbonyl (C=O) groups is 2. The molecule has 0 aromatic heterocycles. The van der Waals surface area contributed by atoms with Gasteiger partial charge in [0.05, 0.1) is 0 Å². The van der Waals surface area contributed by atoms with E-state index in [1.165, 1.54) is 11.9 Å². The summed E-state index contributed by atoms with van der Waals surface area (Å²) in [5, 5.41) is 9.06. The van der Waals surface area contributed by atoms with E-state index < -0.39 is 12.0 Å². The van der Waals surface area contributed by atoms with Gasteiger partial charge in [-0.15, -0.1) is 0 Å². The quantitative estimate of drug-likeness (QED) is 0.863. The maximum atomic E-state index is 12.1. The van der Waals surface area contributed by atoms with Gasteiger partial charge in [-0.3, -0.25) is 4.79 Å². The normalized spacial score (nSPS) is 13.8.